The molecule has 0 unspecified atom stereocenters. The molecule has 0 bridgehead atoms. The summed E-state index contributed by atoms with van der Waals surface area (Å²) in [5.41, 5.74) is 2.39. The average molecular weight is 364 g/mol. The number of aromatic nitrogens is 3. The summed E-state index contributed by atoms with van der Waals surface area (Å²) in [5, 5.41) is 4.19. The maximum atomic E-state index is 5.38. The first-order valence-electron chi connectivity index (χ1n) is 6.48. The molecule has 0 amide bonds. The molecule has 2 aromatic heterocycles. The number of hydrogen-bond donors (Lipinski definition) is 0. The van der Waals surface area contributed by atoms with E-state index >= 15 is 0 Å². The van der Waals surface area contributed by atoms with Gasteiger partial charge in [0.25, 0.3) is 0 Å². The van der Waals surface area contributed by atoms with Gasteiger partial charge in [-0.2, -0.15) is 5.10 Å². The third-order valence-electron chi connectivity index (χ3n) is 3.29. The Bertz CT molecular complexity index is 807. The van der Waals surface area contributed by atoms with E-state index in [-0.39, 0.29) is 0 Å². The molecule has 0 spiro atoms. The monoisotopic (exact) mass is 363 g/mol. The number of methoxy groups -OCH3 is 3. The minimum atomic E-state index is 0.556. The van der Waals surface area contributed by atoms with Crippen LogP contribution in [-0.4, -0.2) is 35.9 Å². The minimum absolute atomic E-state index is 0.556. The molecule has 0 aliphatic heterocycles. The predicted molar refractivity (Wildman–Crippen MR) is 85.8 cm³/mol. The van der Waals surface area contributed by atoms with Gasteiger partial charge in [0.2, 0.25) is 5.75 Å². The Morgan fingerprint density at radius 1 is 1.05 bits per heavy atom. The summed E-state index contributed by atoms with van der Waals surface area (Å²) in [5.74, 6) is 1.73. The molecule has 0 aliphatic rings. The van der Waals surface area contributed by atoms with Crippen LogP contribution < -0.4 is 14.2 Å². The molecular weight excluding hydrogens is 350 g/mol. The van der Waals surface area contributed by atoms with Crippen molar-refractivity contribution >= 4 is 21.6 Å². The summed E-state index contributed by atoms with van der Waals surface area (Å²) in [4.78, 5) is 4.61. The first-order valence-corrected chi connectivity index (χ1v) is 7.27. The second kappa shape index (κ2) is 5.84. The van der Waals surface area contributed by atoms with Crippen LogP contribution in [-0.2, 0) is 0 Å². The molecule has 114 valence electrons. The number of hydrogen-bond acceptors (Lipinski definition) is 5. The minimum Gasteiger partial charge on any atom is -0.493 e. The Morgan fingerprint density at radius 3 is 2.32 bits per heavy atom. The normalized spacial score (nSPS) is 10.7. The molecule has 6 nitrogen and oxygen atoms in total. The lowest BCUT2D eigenvalue weighted by Crippen LogP contribution is -1.97. The number of fused-ring (bicyclic) bond motifs is 1. The van der Waals surface area contributed by atoms with Gasteiger partial charge in [0.15, 0.2) is 17.1 Å². The number of rotatable bonds is 4. The van der Waals surface area contributed by atoms with Crippen molar-refractivity contribution in [2.45, 2.75) is 0 Å². The van der Waals surface area contributed by atoms with E-state index in [1.807, 2.05) is 24.4 Å². The van der Waals surface area contributed by atoms with Crippen molar-refractivity contribution in [2.24, 2.45) is 0 Å². The van der Waals surface area contributed by atoms with E-state index in [4.69, 9.17) is 14.2 Å². The van der Waals surface area contributed by atoms with Crippen LogP contribution in [0, 0.1) is 0 Å². The van der Waals surface area contributed by atoms with Crippen LogP contribution in [0.15, 0.2) is 35.1 Å². The molecule has 22 heavy (non-hydrogen) atoms. The molecule has 0 atom stereocenters. The molecule has 0 fully saturated rings. The molecule has 0 radical (unpaired) electrons. The SMILES string of the molecule is COc1cc(-c2ccn3ncc(Br)c3n2)cc(OC)c1OC. The molecule has 2 heterocycles. The van der Waals surface area contributed by atoms with Gasteiger partial charge in [-0.3, -0.25) is 0 Å². The second-order valence-corrected chi connectivity index (χ2v) is 5.34. The van der Waals surface area contributed by atoms with Crippen molar-refractivity contribution in [3.8, 4) is 28.5 Å². The van der Waals surface area contributed by atoms with Gasteiger partial charge in [0.1, 0.15) is 0 Å². The van der Waals surface area contributed by atoms with Crippen LogP contribution in [0.2, 0.25) is 0 Å². The van der Waals surface area contributed by atoms with Crippen molar-refractivity contribution in [1.82, 2.24) is 14.6 Å². The summed E-state index contributed by atoms with van der Waals surface area (Å²) in [6.07, 6.45) is 3.56. The van der Waals surface area contributed by atoms with E-state index < -0.39 is 0 Å². The molecule has 1 aromatic carbocycles. The van der Waals surface area contributed by atoms with Crippen molar-refractivity contribution in [3.63, 3.8) is 0 Å². The van der Waals surface area contributed by atoms with Crippen LogP contribution >= 0.6 is 15.9 Å². The molecule has 0 saturated carbocycles. The fourth-order valence-corrected chi connectivity index (χ4v) is 2.59. The maximum Gasteiger partial charge on any atom is 0.203 e. The highest BCUT2D eigenvalue weighted by molar-refractivity contribution is 9.10. The summed E-state index contributed by atoms with van der Waals surface area (Å²) in [6, 6.07) is 5.61. The van der Waals surface area contributed by atoms with E-state index in [2.05, 4.69) is 26.0 Å². The predicted octanol–water partition coefficient (Wildman–Crippen LogP) is 3.18. The van der Waals surface area contributed by atoms with Gasteiger partial charge in [-0.25, -0.2) is 9.50 Å². The Kier molecular flexibility index (Phi) is 3.89. The average Bonchev–Trinajstić information content (AvgIpc) is 2.94. The first kappa shape index (κ1) is 14.6. The summed E-state index contributed by atoms with van der Waals surface area (Å²) in [7, 11) is 4.75. The van der Waals surface area contributed by atoms with Crippen LogP contribution in [0.1, 0.15) is 0 Å². The van der Waals surface area contributed by atoms with E-state index in [1.165, 1.54) is 0 Å². The van der Waals surface area contributed by atoms with Gasteiger partial charge in [-0.1, -0.05) is 0 Å². The van der Waals surface area contributed by atoms with Crippen molar-refractivity contribution < 1.29 is 14.2 Å². The number of halogens is 1. The van der Waals surface area contributed by atoms with Gasteiger partial charge in [-0.15, -0.1) is 0 Å². The smallest absolute Gasteiger partial charge is 0.203 e. The highest BCUT2D eigenvalue weighted by atomic mass is 79.9. The van der Waals surface area contributed by atoms with Gasteiger partial charge in [-0.05, 0) is 34.1 Å². The van der Waals surface area contributed by atoms with Crippen molar-refractivity contribution in [3.05, 3.63) is 35.1 Å². The Hall–Kier alpha value is -2.28. The number of benzene rings is 1. The van der Waals surface area contributed by atoms with E-state index in [0.29, 0.717) is 17.2 Å². The summed E-state index contributed by atoms with van der Waals surface area (Å²) >= 11 is 3.44. The molecule has 0 saturated heterocycles. The first-order chi connectivity index (χ1) is 10.7. The van der Waals surface area contributed by atoms with E-state index in [9.17, 15) is 0 Å². The molecule has 7 heteroatoms. The van der Waals surface area contributed by atoms with E-state index in [1.54, 1.807) is 32.0 Å². The Balaban J connectivity index is 2.18. The van der Waals surface area contributed by atoms with Crippen molar-refractivity contribution in [2.75, 3.05) is 21.3 Å². The molecule has 0 N–H and O–H groups in total. The lowest BCUT2D eigenvalue weighted by atomic mass is 10.1. The molecular formula is C15H14BrN3O3. The van der Waals surface area contributed by atoms with Gasteiger partial charge in [0, 0.05) is 11.8 Å². The number of nitrogens with zero attached hydrogens (tertiary/aromatic N) is 3. The zero-order chi connectivity index (χ0) is 15.7. The van der Waals surface area contributed by atoms with Crippen LogP contribution in [0.25, 0.3) is 16.9 Å². The lowest BCUT2D eigenvalue weighted by Gasteiger charge is -2.14. The van der Waals surface area contributed by atoms with Crippen LogP contribution in [0.4, 0.5) is 0 Å². The van der Waals surface area contributed by atoms with Gasteiger partial charge < -0.3 is 14.2 Å². The lowest BCUT2D eigenvalue weighted by molar-refractivity contribution is 0.324. The molecule has 0 aliphatic carbocycles. The molecule has 3 aromatic rings. The highest BCUT2D eigenvalue weighted by Gasteiger charge is 2.15. The fraction of sp³-hybridized carbons (Fsp3) is 0.200. The standard InChI is InChI=1S/C15H14BrN3O3/c1-20-12-6-9(7-13(21-2)14(12)22-3)11-4-5-19-15(18-11)10(16)8-17-19/h4-8H,1-3H3. The summed E-state index contributed by atoms with van der Waals surface area (Å²) in [6.45, 7) is 0. The third kappa shape index (κ3) is 2.37. The number of ether oxygens (including phenoxy) is 3. The largest absolute Gasteiger partial charge is 0.493 e. The topological polar surface area (TPSA) is 57.9 Å². The Labute approximate surface area is 135 Å². The van der Waals surface area contributed by atoms with Crippen LogP contribution in [0.3, 0.4) is 0 Å². The van der Waals surface area contributed by atoms with E-state index in [0.717, 1.165) is 21.4 Å². The van der Waals surface area contributed by atoms with Crippen LogP contribution in [0.5, 0.6) is 17.2 Å². The highest BCUT2D eigenvalue weighted by Crippen LogP contribution is 2.40. The van der Waals surface area contributed by atoms with Gasteiger partial charge in [0.05, 0.1) is 37.7 Å². The maximum absolute atomic E-state index is 5.38. The van der Waals surface area contributed by atoms with Crippen molar-refractivity contribution in [1.29, 1.82) is 0 Å². The zero-order valence-corrected chi connectivity index (χ0v) is 13.9. The second-order valence-electron chi connectivity index (χ2n) is 4.49. The quantitative estimate of drug-likeness (QED) is 0.712. The zero-order valence-electron chi connectivity index (χ0n) is 12.3. The fourth-order valence-electron chi connectivity index (χ4n) is 2.23. The Morgan fingerprint density at radius 2 is 1.73 bits per heavy atom. The molecule has 3 rings (SSSR count). The summed E-state index contributed by atoms with van der Waals surface area (Å²) < 4.78 is 18.6. The van der Waals surface area contributed by atoms with Gasteiger partial charge >= 0.3 is 0 Å². The third-order valence-corrected chi connectivity index (χ3v) is 3.85.